The van der Waals surface area contributed by atoms with E-state index in [0.717, 1.165) is 13.0 Å². The van der Waals surface area contributed by atoms with Gasteiger partial charge in [0.05, 0.1) is 5.92 Å². The number of rotatable bonds is 6. The van der Waals surface area contributed by atoms with E-state index < -0.39 is 5.97 Å². The van der Waals surface area contributed by atoms with Crippen molar-refractivity contribution in [1.29, 1.82) is 0 Å². The molecule has 0 aliphatic rings. The first-order valence-electron chi connectivity index (χ1n) is 5.67. The Balaban J connectivity index is 3.78. The van der Waals surface area contributed by atoms with Crippen molar-refractivity contribution in [2.75, 3.05) is 13.1 Å². The molecule has 0 radical (unpaired) electrons. The molecule has 0 aromatic rings. The minimum absolute atomic E-state index is 0.185. The van der Waals surface area contributed by atoms with E-state index in [4.69, 9.17) is 5.11 Å². The van der Waals surface area contributed by atoms with Crippen molar-refractivity contribution in [2.45, 2.75) is 41.0 Å². The lowest BCUT2D eigenvalue weighted by Crippen LogP contribution is -2.33. The summed E-state index contributed by atoms with van der Waals surface area (Å²) in [5.74, 6) is -0.789. The highest BCUT2D eigenvalue weighted by Crippen LogP contribution is 2.17. The van der Waals surface area contributed by atoms with Gasteiger partial charge in [0.25, 0.3) is 0 Å². The number of hydrogen-bond donors (Lipinski definition) is 2. The molecule has 1 unspecified atom stereocenters. The zero-order valence-corrected chi connectivity index (χ0v) is 10.6. The van der Waals surface area contributed by atoms with E-state index in [1.807, 2.05) is 13.8 Å². The number of carboxylic acid groups (broad SMARTS) is 1. The number of hydrogen-bond acceptors (Lipinski definition) is 2. The van der Waals surface area contributed by atoms with E-state index in [1.165, 1.54) is 0 Å². The van der Waals surface area contributed by atoms with Crippen LogP contribution in [0.3, 0.4) is 0 Å². The first-order valence-corrected chi connectivity index (χ1v) is 5.67. The van der Waals surface area contributed by atoms with Crippen LogP contribution < -0.4 is 5.32 Å². The molecule has 0 heterocycles. The summed E-state index contributed by atoms with van der Waals surface area (Å²) < 4.78 is 0. The molecule has 0 saturated heterocycles. The Hall–Kier alpha value is -0.570. The predicted octanol–water partition coefficient (Wildman–Crippen LogP) is 2.37. The van der Waals surface area contributed by atoms with Crippen LogP contribution in [0.5, 0.6) is 0 Å². The predicted molar refractivity (Wildman–Crippen MR) is 62.9 cm³/mol. The molecule has 0 fully saturated rings. The lowest BCUT2D eigenvalue weighted by Gasteiger charge is -2.20. The van der Waals surface area contributed by atoms with Gasteiger partial charge in [-0.3, -0.25) is 4.79 Å². The van der Waals surface area contributed by atoms with Crippen molar-refractivity contribution in [3.05, 3.63) is 0 Å². The van der Waals surface area contributed by atoms with Crippen LogP contribution in [-0.4, -0.2) is 24.2 Å². The first-order chi connectivity index (χ1) is 6.74. The zero-order valence-electron chi connectivity index (χ0n) is 10.6. The highest BCUT2D eigenvalue weighted by molar-refractivity contribution is 5.70. The molecule has 0 spiro atoms. The van der Waals surface area contributed by atoms with Crippen molar-refractivity contribution >= 4 is 5.97 Å². The standard InChI is InChI=1S/C12H25NO2/c1-9(2)10(11(14)15)8-13-7-6-12(3,4)5/h9-10,13H,6-8H2,1-5H3,(H,14,15). The van der Waals surface area contributed by atoms with Gasteiger partial charge >= 0.3 is 5.97 Å². The minimum Gasteiger partial charge on any atom is -0.481 e. The number of aliphatic carboxylic acids is 1. The molecular formula is C12H25NO2. The van der Waals surface area contributed by atoms with Gasteiger partial charge in [-0.1, -0.05) is 34.6 Å². The van der Waals surface area contributed by atoms with Gasteiger partial charge in [-0.15, -0.1) is 0 Å². The van der Waals surface area contributed by atoms with E-state index in [1.54, 1.807) is 0 Å². The smallest absolute Gasteiger partial charge is 0.308 e. The van der Waals surface area contributed by atoms with Crippen LogP contribution in [0.15, 0.2) is 0 Å². The van der Waals surface area contributed by atoms with Gasteiger partial charge < -0.3 is 10.4 Å². The largest absolute Gasteiger partial charge is 0.481 e. The second-order valence-electron chi connectivity index (χ2n) is 5.70. The molecule has 0 aromatic heterocycles. The Morgan fingerprint density at radius 2 is 1.87 bits per heavy atom. The van der Waals surface area contributed by atoms with Crippen LogP contribution in [-0.2, 0) is 4.79 Å². The topological polar surface area (TPSA) is 49.3 Å². The van der Waals surface area contributed by atoms with Gasteiger partial charge in [-0.05, 0) is 24.3 Å². The van der Waals surface area contributed by atoms with Gasteiger partial charge in [0.15, 0.2) is 0 Å². The van der Waals surface area contributed by atoms with Crippen LogP contribution in [0.25, 0.3) is 0 Å². The number of carboxylic acids is 1. The SMILES string of the molecule is CC(C)C(CNCCC(C)(C)C)C(=O)O. The third kappa shape index (κ3) is 7.37. The van der Waals surface area contributed by atoms with Crippen LogP contribution in [0, 0.1) is 17.3 Å². The summed E-state index contributed by atoms with van der Waals surface area (Å²) in [6, 6.07) is 0. The monoisotopic (exact) mass is 215 g/mol. The summed E-state index contributed by atoms with van der Waals surface area (Å²) >= 11 is 0. The molecule has 90 valence electrons. The van der Waals surface area contributed by atoms with E-state index in [-0.39, 0.29) is 11.8 Å². The molecule has 0 aromatic carbocycles. The van der Waals surface area contributed by atoms with E-state index in [9.17, 15) is 4.79 Å². The Bertz CT molecular complexity index is 194. The highest BCUT2D eigenvalue weighted by atomic mass is 16.4. The van der Waals surface area contributed by atoms with Crippen molar-refractivity contribution in [2.24, 2.45) is 17.3 Å². The molecule has 0 saturated carbocycles. The Kier molecular flexibility index (Phi) is 5.88. The number of nitrogens with one attached hydrogen (secondary N) is 1. The summed E-state index contributed by atoms with van der Waals surface area (Å²) in [7, 11) is 0. The van der Waals surface area contributed by atoms with Gasteiger partial charge in [-0.25, -0.2) is 0 Å². The fraction of sp³-hybridized carbons (Fsp3) is 0.917. The molecule has 0 bridgehead atoms. The molecule has 2 N–H and O–H groups in total. The lowest BCUT2D eigenvalue weighted by molar-refractivity contribution is -0.143. The quantitative estimate of drug-likeness (QED) is 0.669. The fourth-order valence-corrected chi connectivity index (χ4v) is 1.33. The zero-order chi connectivity index (χ0) is 12.1. The van der Waals surface area contributed by atoms with Gasteiger partial charge in [0.2, 0.25) is 0 Å². The second kappa shape index (κ2) is 6.11. The molecule has 3 nitrogen and oxygen atoms in total. The molecule has 0 amide bonds. The van der Waals surface area contributed by atoms with Crippen LogP contribution in [0.1, 0.15) is 41.0 Å². The summed E-state index contributed by atoms with van der Waals surface area (Å²) in [5, 5.41) is 12.2. The Morgan fingerprint density at radius 3 is 2.20 bits per heavy atom. The lowest BCUT2D eigenvalue weighted by atomic mass is 9.92. The molecular weight excluding hydrogens is 190 g/mol. The molecule has 3 heteroatoms. The number of carbonyl (C=O) groups is 1. The summed E-state index contributed by atoms with van der Waals surface area (Å²) in [6.45, 7) is 11.9. The molecule has 0 aliphatic heterocycles. The van der Waals surface area contributed by atoms with Crippen molar-refractivity contribution < 1.29 is 9.90 Å². The third-order valence-electron chi connectivity index (χ3n) is 2.54. The molecule has 0 aliphatic carbocycles. The molecule has 1 atom stereocenters. The summed E-state index contributed by atoms with van der Waals surface area (Å²) in [6.07, 6.45) is 1.07. The maximum absolute atomic E-state index is 10.9. The minimum atomic E-state index is -0.701. The fourth-order valence-electron chi connectivity index (χ4n) is 1.33. The maximum Gasteiger partial charge on any atom is 0.308 e. The normalized spacial score (nSPS) is 14.3. The average molecular weight is 215 g/mol. The molecule has 15 heavy (non-hydrogen) atoms. The maximum atomic E-state index is 10.9. The summed E-state index contributed by atoms with van der Waals surface area (Å²) in [5.41, 5.74) is 0.309. The first kappa shape index (κ1) is 14.4. The second-order valence-corrected chi connectivity index (χ2v) is 5.70. The van der Waals surface area contributed by atoms with Crippen molar-refractivity contribution in [3.63, 3.8) is 0 Å². The van der Waals surface area contributed by atoms with Gasteiger partial charge in [-0.2, -0.15) is 0 Å². The van der Waals surface area contributed by atoms with Crippen molar-refractivity contribution in [1.82, 2.24) is 5.32 Å². The van der Waals surface area contributed by atoms with Gasteiger partial charge in [0, 0.05) is 6.54 Å². The van der Waals surface area contributed by atoms with Crippen LogP contribution in [0.2, 0.25) is 0 Å². The third-order valence-corrected chi connectivity index (χ3v) is 2.54. The Morgan fingerprint density at radius 1 is 1.33 bits per heavy atom. The highest BCUT2D eigenvalue weighted by Gasteiger charge is 2.20. The van der Waals surface area contributed by atoms with Crippen LogP contribution in [0.4, 0.5) is 0 Å². The van der Waals surface area contributed by atoms with E-state index >= 15 is 0 Å². The Labute approximate surface area is 93.3 Å². The van der Waals surface area contributed by atoms with E-state index in [0.29, 0.717) is 12.0 Å². The summed E-state index contributed by atoms with van der Waals surface area (Å²) in [4.78, 5) is 10.9. The van der Waals surface area contributed by atoms with Crippen molar-refractivity contribution in [3.8, 4) is 0 Å². The van der Waals surface area contributed by atoms with Crippen LogP contribution >= 0.6 is 0 Å². The molecule has 0 rings (SSSR count). The average Bonchev–Trinajstić information content (AvgIpc) is 2.00. The van der Waals surface area contributed by atoms with Gasteiger partial charge in [0.1, 0.15) is 0 Å². The van der Waals surface area contributed by atoms with E-state index in [2.05, 4.69) is 26.1 Å².